The average Bonchev–Trinajstić information content (AvgIpc) is 2.38. The third-order valence-corrected chi connectivity index (χ3v) is 3.50. The van der Waals surface area contributed by atoms with Gasteiger partial charge in [-0.05, 0) is 37.3 Å². The van der Waals surface area contributed by atoms with E-state index in [1.807, 2.05) is 24.0 Å². The molecule has 4 nitrogen and oxygen atoms in total. The predicted octanol–water partition coefficient (Wildman–Crippen LogP) is 2.53. The van der Waals surface area contributed by atoms with E-state index in [1.165, 1.54) is 5.56 Å². The standard InChI is InChI=1S/C15H19NO3/c1-11-5-2-6-12-7-4-10-16(15(11)12)13(17)8-3-9-14(18)19/h2,5-6H,3-4,7-10H2,1H3,(H,18,19). The Morgan fingerprint density at radius 2 is 2.11 bits per heavy atom. The Bertz CT molecular complexity index is 496. The van der Waals surface area contributed by atoms with E-state index in [4.69, 9.17) is 5.11 Å². The lowest BCUT2D eigenvalue weighted by molar-refractivity contribution is -0.137. The first-order valence-corrected chi connectivity index (χ1v) is 6.70. The fourth-order valence-electron chi connectivity index (χ4n) is 2.62. The first-order valence-electron chi connectivity index (χ1n) is 6.70. The lowest BCUT2D eigenvalue weighted by Gasteiger charge is -2.31. The van der Waals surface area contributed by atoms with Crippen LogP contribution in [0, 0.1) is 6.92 Å². The van der Waals surface area contributed by atoms with E-state index in [2.05, 4.69) is 6.07 Å². The number of hydrogen-bond donors (Lipinski definition) is 1. The van der Waals surface area contributed by atoms with E-state index in [-0.39, 0.29) is 12.3 Å². The smallest absolute Gasteiger partial charge is 0.303 e. The second kappa shape index (κ2) is 5.87. The maximum absolute atomic E-state index is 12.2. The highest BCUT2D eigenvalue weighted by Gasteiger charge is 2.23. The van der Waals surface area contributed by atoms with Crippen LogP contribution in [-0.4, -0.2) is 23.5 Å². The molecule has 19 heavy (non-hydrogen) atoms. The van der Waals surface area contributed by atoms with Gasteiger partial charge in [0.25, 0.3) is 0 Å². The maximum atomic E-state index is 12.2. The summed E-state index contributed by atoms with van der Waals surface area (Å²) in [7, 11) is 0. The molecule has 0 atom stereocenters. The molecule has 1 aromatic carbocycles. The van der Waals surface area contributed by atoms with E-state index in [9.17, 15) is 9.59 Å². The van der Waals surface area contributed by atoms with Crippen molar-refractivity contribution < 1.29 is 14.7 Å². The summed E-state index contributed by atoms with van der Waals surface area (Å²) in [4.78, 5) is 24.5. The summed E-state index contributed by atoms with van der Waals surface area (Å²) in [6.07, 6.45) is 2.75. The number of rotatable bonds is 4. The van der Waals surface area contributed by atoms with Gasteiger partial charge in [-0.2, -0.15) is 0 Å². The van der Waals surface area contributed by atoms with Crippen LogP contribution in [0.3, 0.4) is 0 Å². The second-order valence-corrected chi connectivity index (χ2v) is 4.98. The summed E-state index contributed by atoms with van der Waals surface area (Å²) < 4.78 is 0. The van der Waals surface area contributed by atoms with Crippen LogP contribution in [-0.2, 0) is 16.0 Å². The second-order valence-electron chi connectivity index (χ2n) is 4.98. The number of carboxylic acid groups (broad SMARTS) is 1. The fourth-order valence-corrected chi connectivity index (χ4v) is 2.62. The Balaban J connectivity index is 2.10. The van der Waals surface area contributed by atoms with Gasteiger partial charge in [0, 0.05) is 25.1 Å². The van der Waals surface area contributed by atoms with Gasteiger partial charge in [0.2, 0.25) is 5.91 Å². The van der Waals surface area contributed by atoms with Crippen LogP contribution in [0.1, 0.15) is 36.8 Å². The monoisotopic (exact) mass is 261 g/mol. The lowest BCUT2D eigenvalue weighted by atomic mass is 9.98. The zero-order valence-corrected chi connectivity index (χ0v) is 11.2. The zero-order chi connectivity index (χ0) is 13.8. The Kier molecular flexibility index (Phi) is 4.20. The topological polar surface area (TPSA) is 57.6 Å². The van der Waals surface area contributed by atoms with Gasteiger partial charge in [-0.3, -0.25) is 9.59 Å². The summed E-state index contributed by atoms with van der Waals surface area (Å²) in [5, 5.41) is 8.61. The van der Waals surface area contributed by atoms with Crippen molar-refractivity contribution in [1.82, 2.24) is 0 Å². The number of carbonyl (C=O) groups excluding carboxylic acids is 1. The highest BCUT2D eigenvalue weighted by molar-refractivity contribution is 5.95. The molecular formula is C15H19NO3. The number of carbonyl (C=O) groups is 2. The van der Waals surface area contributed by atoms with Crippen LogP contribution in [0.4, 0.5) is 5.69 Å². The minimum atomic E-state index is -0.844. The van der Waals surface area contributed by atoms with Crippen molar-refractivity contribution >= 4 is 17.6 Å². The van der Waals surface area contributed by atoms with E-state index < -0.39 is 5.97 Å². The van der Waals surface area contributed by atoms with Crippen molar-refractivity contribution in [2.45, 2.75) is 39.0 Å². The number of nitrogens with zero attached hydrogens (tertiary/aromatic N) is 1. The van der Waals surface area contributed by atoms with E-state index in [1.54, 1.807) is 0 Å². The predicted molar refractivity (Wildman–Crippen MR) is 73.3 cm³/mol. The molecule has 1 amide bonds. The van der Waals surface area contributed by atoms with Crippen LogP contribution in [0.15, 0.2) is 18.2 Å². The van der Waals surface area contributed by atoms with E-state index in [0.29, 0.717) is 12.8 Å². The third kappa shape index (κ3) is 3.13. The Morgan fingerprint density at radius 3 is 2.84 bits per heavy atom. The van der Waals surface area contributed by atoms with Crippen LogP contribution in [0.25, 0.3) is 0 Å². The van der Waals surface area contributed by atoms with E-state index >= 15 is 0 Å². The summed E-state index contributed by atoms with van der Waals surface area (Å²) in [6.45, 7) is 2.76. The largest absolute Gasteiger partial charge is 0.481 e. The average molecular weight is 261 g/mol. The van der Waals surface area contributed by atoms with Gasteiger partial charge < -0.3 is 10.0 Å². The van der Waals surface area contributed by atoms with Crippen LogP contribution >= 0.6 is 0 Å². The molecule has 0 bridgehead atoms. The molecule has 1 heterocycles. The van der Waals surface area contributed by atoms with Crippen LogP contribution < -0.4 is 4.90 Å². The van der Waals surface area contributed by atoms with Crippen molar-refractivity contribution in [3.63, 3.8) is 0 Å². The van der Waals surface area contributed by atoms with Crippen molar-refractivity contribution in [3.8, 4) is 0 Å². The molecule has 1 aromatic rings. The molecule has 0 aromatic heterocycles. The van der Waals surface area contributed by atoms with Crippen LogP contribution in [0.2, 0.25) is 0 Å². The molecule has 4 heteroatoms. The molecule has 102 valence electrons. The normalized spacial score (nSPS) is 14.1. The summed E-state index contributed by atoms with van der Waals surface area (Å²) >= 11 is 0. The highest BCUT2D eigenvalue weighted by Crippen LogP contribution is 2.31. The van der Waals surface area contributed by atoms with Gasteiger partial charge >= 0.3 is 5.97 Å². The highest BCUT2D eigenvalue weighted by atomic mass is 16.4. The van der Waals surface area contributed by atoms with Gasteiger partial charge in [0.15, 0.2) is 0 Å². The number of amides is 1. The SMILES string of the molecule is Cc1cccc2c1N(C(=O)CCCC(=O)O)CCC2. The van der Waals surface area contributed by atoms with Crippen molar-refractivity contribution in [3.05, 3.63) is 29.3 Å². The number of hydrogen-bond acceptors (Lipinski definition) is 2. The number of carboxylic acids is 1. The Hall–Kier alpha value is -1.84. The van der Waals surface area contributed by atoms with Crippen molar-refractivity contribution in [1.29, 1.82) is 0 Å². The lowest BCUT2D eigenvalue weighted by Crippen LogP contribution is -2.36. The molecule has 0 aliphatic carbocycles. The number of anilines is 1. The molecule has 0 saturated carbocycles. The summed E-state index contributed by atoms with van der Waals surface area (Å²) in [5.41, 5.74) is 3.37. The number of fused-ring (bicyclic) bond motifs is 1. The first-order chi connectivity index (χ1) is 9.09. The minimum absolute atomic E-state index is 0.0384. The molecule has 0 spiro atoms. The Labute approximate surface area is 113 Å². The number of benzene rings is 1. The molecule has 1 aliphatic rings. The van der Waals surface area contributed by atoms with Crippen molar-refractivity contribution in [2.75, 3.05) is 11.4 Å². The molecule has 0 saturated heterocycles. The maximum Gasteiger partial charge on any atom is 0.303 e. The molecule has 1 N–H and O–H groups in total. The summed E-state index contributed by atoms with van der Waals surface area (Å²) in [6, 6.07) is 6.10. The molecule has 0 fully saturated rings. The molecule has 1 aliphatic heterocycles. The van der Waals surface area contributed by atoms with Crippen LogP contribution in [0.5, 0.6) is 0 Å². The minimum Gasteiger partial charge on any atom is -0.481 e. The number of aliphatic carboxylic acids is 1. The quantitative estimate of drug-likeness (QED) is 0.906. The van der Waals surface area contributed by atoms with E-state index in [0.717, 1.165) is 30.6 Å². The molecule has 0 radical (unpaired) electrons. The summed E-state index contributed by atoms with van der Waals surface area (Å²) in [5.74, 6) is -0.806. The third-order valence-electron chi connectivity index (χ3n) is 3.50. The molecular weight excluding hydrogens is 242 g/mol. The van der Waals surface area contributed by atoms with Gasteiger partial charge in [0.05, 0.1) is 0 Å². The van der Waals surface area contributed by atoms with Crippen molar-refractivity contribution in [2.24, 2.45) is 0 Å². The van der Waals surface area contributed by atoms with Gasteiger partial charge in [-0.25, -0.2) is 0 Å². The number of para-hydroxylation sites is 1. The first kappa shape index (κ1) is 13.6. The molecule has 0 unspecified atom stereocenters. The molecule has 2 rings (SSSR count). The Morgan fingerprint density at radius 1 is 1.32 bits per heavy atom. The fraction of sp³-hybridized carbons (Fsp3) is 0.467. The van der Waals surface area contributed by atoms with Gasteiger partial charge in [-0.15, -0.1) is 0 Å². The number of aryl methyl sites for hydroxylation is 2. The van der Waals surface area contributed by atoms with Gasteiger partial charge in [-0.1, -0.05) is 18.2 Å². The van der Waals surface area contributed by atoms with Gasteiger partial charge in [0.1, 0.15) is 0 Å². The zero-order valence-electron chi connectivity index (χ0n) is 11.2.